The predicted octanol–water partition coefficient (Wildman–Crippen LogP) is 2.99. The van der Waals surface area contributed by atoms with Gasteiger partial charge >= 0.3 is 11.9 Å². The number of carboxylic acid groups (broad SMARTS) is 2. The van der Waals surface area contributed by atoms with E-state index < -0.39 is 11.9 Å². The first-order chi connectivity index (χ1) is 13.3. The van der Waals surface area contributed by atoms with Gasteiger partial charge < -0.3 is 29.9 Å². The van der Waals surface area contributed by atoms with E-state index in [1.54, 1.807) is 24.3 Å². The largest absolute Gasteiger partial charge is 0.504 e. The Hall–Kier alpha value is -3.32. The van der Waals surface area contributed by atoms with E-state index in [1.165, 1.54) is 38.5 Å². The molecule has 0 heterocycles. The molecular formula is C20H20O8Zn. The predicted molar refractivity (Wildman–Crippen MR) is 103 cm³/mol. The molecule has 2 aromatic carbocycles. The average molecular weight is 454 g/mol. The molecule has 2 aromatic rings. The zero-order chi connectivity index (χ0) is 21.1. The maximum atomic E-state index is 10.2. The van der Waals surface area contributed by atoms with Crippen LogP contribution in [0.4, 0.5) is 0 Å². The van der Waals surface area contributed by atoms with Crippen LogP contribution < -0.4 is 9.47 Å². The van der Waals surface area contributed by atoms with Crippen LogP contribution in [0.3, 0.4) is 0 Å². The van der Waals surface area contributed by atoms with Crippen molar-refractivity contribution in [3.05, 3.63) is 59.7 Å². The van der Waals surface area contributed by atoms with Crippen molar-refractivity contribution in [3.8, 4) is 23.0 Å². The van der Waals surface area contributed by atoms with Gasteiger partial charge in [-0.15, -0.1) is 0 Å². The molecule has 0 unspecified atom stereocenters. The first-order valence-corrected chi connectivity index (χ1v) is 7.82. The van der Waals surface area contributed by atoms with Crippen LogP contribution in [0.25, 0.3) is 12.2 Å². The van der Waals surface area contributed by atoms with Gasteiger partial charge in [0.1, 0.15) is 0 Å². The van der Waals surface area contributed by atoms with Gasteiger partial charge in [-0.1, -0.05) is 12.1 Å². The summed E-state index contributed by atoms with van der Waals surface area (Å²) in [5, 5.41) is 35.3. The van der Waals surface area contributed by atoms with Gasteiger partial charge in [0.25, 0.3) is 0 Å². The molecule has 0 aliphatic carbocycles. The number of aliphatic carboxylic acids is 2. The van der Waals surface area contributed by atoms with Crippen LogP contribution in [0.2, 0.25) is 0 Å². The molecule has 29 heavy (non-hydrogen) atoms. The summed E-state index contributed by atoms with van der Waals surface area (Å²) in [5.74, 6) is -1.34. The summed E-state index contributed by atoms with van der Waals surface area (Å²) in [5.41, 5.74) is 1.31. The molecule has 0 atom stereocenters. The molecule has 9 heteroatoms. The van der Waals surface area contributed by atoms with Gasteiger partial charge in [-0.05, 0) is 47.5 Å². The smallest absolute Gasteiger partial charge is 0.328 e. The van der Waals surface area contributed by atoms with E-state index in [9.17, 15) is 19.8 Å². The minimum Gasteiger partial charge on any atom is -0.504 e. The molecule has 0 bridgehead atoms. The van der Waals surface area contributed by atoms with Crippen molar-refractivity contribution in [1.82, 2.24) is 0 Å². The first kappa shape index (κ1) is 25.7. The molecule has 0 aliphatic rings. The van der Waals surface area contributed by atoms with Gasteiger partial charge in [-0.3, -0.25) is 0 Å². The molecule has 0 aliphatic heterocycles. The van der Waals surface area contributed by atoms with Crippen LogP contribution in [0.1, 0.15) is 11.1 Å². The third-order valence-electron chi connectivity index (χ3n) is 3.24. The number of hydrogen-bond acceptors (Lipinski definition) is 6. The third-order valence-corrected chi connectivity index (χ3v) is 3.24. The summed E-state index contributed by atoms with van der Waals surface area (Å²) in [7, 11) is 2.86. The van der Waals surface area contributed by atoms with E-state index in [0.717, 1.165) is 12.2 Å². The molecule has 2 rings (SSSR count). The minimum atomic E-state index is -1.02. The third kappa shape index (κ3) is 9.44. The van der Waals surface area contributed by atoms with E-state index in [4.69, 9.17) is 19.7 Å². The molecule has 8 nitrogen and oxygen atoms in total. The summed E-state index contributed by atoms with van der Waals surface area (Å²) >= 11 is 0. The number of ether oxygens (including phenoxy) is 2. The zero-order valence-electron chi connectivity index (χ0n) is 15.9. The Balaban J connectivity index is 0.000000523. The molecule has 0 fully saturated rings. The van der Waals surface area contributed by atoms with Gasteiger partial charge in [0.2, 0.25) is 0 Å². The fourth-order valence-corrected chi connectivity index (χ4v) is 1.93. The Morgan fingerprint density at radius 2 is 1.10 bits per heavy atom. The Morgan fingerprint density at radius 1 is 0.759 bits per heavy atom. The summed E-state index contributed by atoms with van der Waals surface area (Å²) in [4.78, 5) is 20.5. The van der Waals surface area contributed by atoms with Gasteiger partial charge in [0.15, 0.2) is 23.0 Å². The van der Waals surface area contributed by atoms with Gasteiger partial charge in [0.05, 0.1) is 14.2 Å². The van der Waals surface area contributed by atoms with Crippen molar-refractivity contribution in [3.63, 3.8) is 0 Å². The molecule has 0 saturated heterocycles. The molecule has 4 N–H and O–H groups in total. The summed E-state index contributed by atoms with van der Waals surface area (Å²) in [6.07, 6.45) is 4.88. The van der Waals surface area contributed by atoms with Gasteiger partial charge in [-0.25, -0.2) is 9.59 Å². The number of phenols is 2. The summed E-state index contributed by atoms with van der Waals surface area (Å²) < 4.78 is 9.72. The van der Waals surface area contributed by atoms with Crippen LogP contribution >= 0.6 is 0 Å². The molecule has 0 radical (unpaired) electrons. The fourth-order valence-electron chi connectivity index (χ4n) is 1.93. The normalized spacial score (nSPS) is 10.0. The van der Waals surface area contributed by atoms with Crippen molar-refractivity contribution in [1.29, 1.82) is 0 Å². The number of hydrogen-bond donors (Lipinski definition) is 4. The zero-order valence-corrected chi connectivity index (χ0v) is 18.9. The van der Waals surface area contributed by atoms with Crippen molar-refractivity contribution < 1.29 is 59.0 Å². The number of carboxylic acids is 2. The number of methoxy groups -OCH3 is 2. The second-order valence-corrected chi connectivity index (χ2v) is 5.21. The van der Waals surface area contributed by atoms with Gasteiger partial charge in [-0.2, -0.15) is 0 Å². The van der Waals surface area contributed by atoms with Crippen LogP contribution in [-0.2, 0) is 29.1 Å². The molecule has 0 aromatic heterocycles. The van der Waals surface area contributed by atoms with Crippen molar-refractivity contribution in [2.45, 2.75) is 0 Å². The summed E-state index contributed by atoms with van der Waals surface area (Å²) in [6.45, 7) is 0. The quantitative estimate of drug-likeness (QED) is 0.387. The second-order valence-electron chi connectivity index (χ2n) is 5.21. The number of phenolic OH excluding ortho intramolecular Hbond substituents is 2. The van der Waals surface area contributed by atoms with Crippen LogP contribution in [-0.4, -0.2) is 46.6 Å². The number of aromatic hydroxyl groups is 2. The van der Waals surface area contributed by atoms with Crippen LogP contribution in [0.5, 0.6) is 23.0 Å². The minimum absolute atomic E-state index is 0. The van der Waals surface area contributed by atoms with Crippen LogP contribution in [0.15, 0.2) is 48.6 Å². The molecule has 0 saturated carbocycles. The Kier molecular flexibility index (Phi) is 11.5. The van der Waals surface area contributed by atoms with Crippen molar-refractivity contribution >= 4 is 24.1 Å². The topological polar surface area (TPSA) is 134 Å². The standard InChI is InChI=1S/2C10H10O4.Zn/c2*1-14-9-6-7(2-4-8(9)11)3-5-10(12)13;/h2*2-6,11H,1H3,(H,12,13);/b2*5-3+;. The van der Waals surface area contributed by atoms with E-state index in [1.807, 2.05) is 0 Å². The Morgan fingerprint density at radius 3 is 1.38 bits per heavy atom. The number of carbonyl (C=O) groups is 2. The molecule has 0 amide bonds. The van der Waals surface area contributed by atoms with Crippen molar-refractivity contribution in [2.75, 3.05) is 14.2 Å². The Labute approximate surface area is 180 Å². The van der Waals surface area contributed by atoms with E-state index >= 15 is 0 Å². The maximum absolute atomic E-state index is 10.2. The van der Waals surface area contributed by atoms with Gasteiger partial charge in [0, 0.05) is 31.6 Å². The number of benzene rings is 2. The summed E-state index contributed by atoms with van der Waals surface area (Å²) in [6, 6.07) is 9.18. The first-order valence-electron chi connectivity index (χ1n) is 7.82. The van der Waals surface area contributed by atoms with Crippen molar-refractivity contribution in [2.24, 2.45) is 0 Å². The second kappa shape index (κ2) is 13.0. The maximum Gasteiger partial charge on any atom is 0.328 e. The SMILES string of the molecule is COc1cc(/C=C/C(=O)O)ccc1O.COc1cc(/C=C/C(=O)O)ccc1O.[Zn]. The number of rotatable bonds is 6. The van der Waals surface area contributed by atoms with E-state index in [-0.39, 0.29) is 31.0 Å². The fraction of sp³-hybridized carbons (Fsp3) is 0.100. The average Bonchev–Trinajstić information content (AvgIpc) is 2.67. The molecular weight excluding hydrogens is 434 g/mol. The monoisotopic (exact) mass is 452 g/mol. The molecule has 0 spiro atoms. The Bertz CT molecular complexity index is 817. The van der Waals surface area contributed by atoms with Crippen LogP contribution in [0, 0.1) is 0 Å². The van der Waals surface area contributed by atoms with E-state index in [2.05, 4.69) is 0 Å². The van der Waals surface area contributed by atoms with E-state index in [0.29, 0.717) is 22.6 Å². The molecule has 150 valence electrons.